The highest BCUT2D eigenvalue weighted by Gasteiger charge is 2.21. The first-order valence-corrected chi connectivity index (χ1v) is 7.40. The summed E-state index contributed by atoms with van der Waals surface area (Å²) in [6.45, 7) is 4.07. The van der Waals surface area contributed by atoms with Crippen LogP contribution in [-0.4, -0.2) is 17.7 Å². The second kappa shape index (κ2) is 9.29. The summed E-state index contributed by atoms with van der Waals surface area (Å²) in [5.74, 6) is -0.901. The number of benzene rings is 1. The molecule has 0 aromatic heterocycles. The van der Waals surface area contributed by atoms with Crippen LogP contribution in [-0.2, 0) is 9.53 Å². The van der Waals surface area contributed by atoms with Crippen LogP contribution < -0.4 is 0 Å². The molecular weight excluding hydrogens is 271 g/mol. The topological polar surface area (TPSA) is 46.5 Å². The van der Waals surface area contributed by atoms with Crippen LogP contribution in [0.4, 0.5) is 4.39 Å². The molecule has 0 saturated heterocycles. The Hall–Kier alpha value is -1.68. The van der Waals surface area contributed by atoms with Gasteiger partial charge in [-0.1, -0.05) is 38.0 Å². The van der Waals surface area contributed by atoms with Gasteiger partial charge in [0.05, 0.1) is 12.2 Å². The Bertz CT molecular complexity index is 465. The Kier molecular flexibility index (Phi) is 7.69. The van der Waals surface area contributed by atoms with Gasteiger partial charge in [-0.15, -0.1) is 0 Å². The molecule has 4 heteroatoms. The molecule has 21 heavy (non-hydrogen) atoms. The maximum atomic E-state index is 12.9. The van der Waals surface area contributed by atoms with Crippen LogP contribution in [0.5, 0.6) is 0 Å². The van der Waals surface area contributed by atoms with Crippen molar-refractivity contribution in [2.75, 3.05) is 6.61 Å². The number of ether oxygens (including phenoxy) is 1. The minimum absolute atomic E-state index is 0.222. The smallest absolute Gasteiger partial charge is 0.336 e. The van der Waals surface area contributed by atoms with E-state index in [-0.39, 0.29) is 18.0 Å². The Morgan fingerprint density at radius 2 is 1.95 bits per heavy atom. The summed E-state index contributed by atoms with van der Waals surface area (Å²) in [5, 5.41) is 10.3. The SMILES string of the molecule is CCCCC/C=C(\C(=O)OCC)[C@@H](O)c1ccc(F)cc1. The van der Waals surface area contributed by atoms with Gasteiger partial charge in [-0.25, -0.2) is 9.18 Å². The average molecular weight is 294 g/mol. The predicted octanol–water partition coefficient (Wildman–Crippen LogP) is 3.93. The molecule has 0 spiro atoms. The number of aliphatic hydroxyl groups is 1. The fourth-order valence-electron chi connectivity index (χ4n) is 2.00. The molecule has 0 aliphatic carbocycles. The van der Waals surface area contributed by atoms with Gasteiger partial charge in [0.1, 0.15) is 11.9 Å². The number of hydrogen-bond donors (Lipinski definition) is 1. The molecule has 0 saturated carbocycles. The molecule has 0 aliphatic heterocycles. The largest absolute Gasteiger partial charge is 0.463 e. The van der Waals surface area contributed by atoms with Crippen LogP contribution in [0.3, 0.4) is 0 Å². The molecule has 1 aromatic carbocycles. The van der Waals surface area contributed by atoms with Gasteiger partial charge in [-0.3, -0.25) is 0 Å². The summed E-state index contributed by atoms with van der Waals surface area (Å²) in [7, 11) is 0. The second-order valence-corrected chi connectivity index (χ2v) is 4.83. The van der Waals surface area contributed by atoms with Gasteiger partial charge in [-0.05, 0) is 37.5 Å². The zero-order valence-electron chi connectivity index (χ0n) is 12.6. The van der Waals surface area contributed by atoms with Crippen molar-refractivity contribution in [1.29, 1.82) is 0 Å². The second-order valence-electron chi connectivity index (χ2n) is 4.83. The molecule has 1 N–H and O–H groups in total. The van der Waals surface area contributed by atoms with Crippen molar-refractivity contribution in [3.8, 4) is 0 Å². The maximum Gasteiger partial charge on any atom is 0.336 e. The first-order chi connectivity index (χ1) is 10.1. The predicted molar refractivity (Wildman–Crippen MR) is 80.2 cm³/mol. The number of allylic oxidation sites excluding steroid dienone is 1. The number of halogens is 1. The average Bonchev–Trinajstić information content (AvgIpc) is 2.47. The maximum absolute atomic E-state index is 12.9. The number of hydrogen-bond acceptors (Lipinski definition) is 3. The highest BCUT2D eigenvalue weighted by atomic mass is 19.1. The zero-order valence-corrected chi connectivity index (χ0v) is 12.6. The van der Waals surface area contributed by atoms with Gasteiger partial charge in [0.2, 0.25) is 0 Å². The first-order valence-electron chi connectivity index (χ1n) is 7.40. The molecule has 0 radical (unpaired) electrons. The molecule has 1 rings (SSSR count). The first kappa shape index (κ1) is 17.4. The van der Waals surface area contributed by atoms with Crippen molar-refractivity contribution >= 4 is 5.97 Å². The third-order valence-corrected chi connectivity index (χ3v) is 3.16. The van der Waals surface area contributed by atoms with Crippen molar-refractivity contribution in [2.45, 2.75) is 45.6 Å². The normalized spacial score (nSPS) is 13.0. The van der Waals surface area contributed by atoms with E-state index in [9.17, 15) is 14.3 Å². The van der Waals surface area contributed by atoms with E-state index < -0.39 is 12.1 Å². The fourth-order valence-corrected chi connectivity index (χ4v) is 2.00. The molecule has 0 amide bonds. The van der Waals surface area contributed by atoms with Crippen molar-refractivity contribution in [1.82, 2.24) is 0 Å². The summed E-state index contributed by atoms with van der Waals surface area (Å²) in [6, 6.07) is 5.47. The quantitative estimate of drug-likeness (QED) is 0.449. The zero-order chi connectivity index (χ0) is 15.7. The summed E-state index contributed by atoms with van der Waals surface area (Å²) >= 11 is 0. The number of carbonyl (C=O) groups is 1. The van der Waals surface area contributed by atoms with Gasteiger partial charge in [-0.2, -0.15) is 0 Å². The van der Waals surface area contributed by atoms with Crippen molar-refractivity contribution in [2.24, 2.45) is 0 Å². The molecule has 3 nitrogen and oxygen atoms in total. The third kappa shape index (κ3) is 5.68. The molecule has 116 valence electrons. The number of unbranched alkanes of at least 4 members (excludes halogenated alkanes) is 3. The molecule has 1 atom stereocenters. The number of aliphatic hydroxyl groups excluding tert-OH is 1. The lowest BCUT2D eigenvalue weighted by Gasteiger charge is -2.14. The summed E-state index contributed by atoms with van der Waals surface area (Å²) < 4.78 is 17.9. The molecular formula is C17H23FO3. The Labute approximate surface area is 125 Å². The van der Waals surface area contributed by atoms with E-state index in [0.717, 1.165) is 19.3 Å². The fraction of sp³-hybridized carbons (Fsp3) is 0.471. The van der Waals surface area contributed by atoms with Gasteiger partial charge < -0.3 is 9.84 Å². The highest BCUT2D eigenvalue weighted by Crippen LogP contribution is 2.24. The molecule has 0 aliphatic rings. The van der Waals surface area contributed by atoms with E-state index in [0.29, 0.717) is 12.0 Å². The van der Waals surface area contributed by atoms with E-state index in [1.165, 1.54) is 24.3 Å². The number of rotatable bonds is 8. The minimum Gasteiger partial charge on any atom is -0.463 e. The van der Waals surface area contributed by atoms with Crippen LogP contribution in [0, 0.1) is 5.82 Å². The molecule has 1 aromatic rings. The van der Waals surface area contributed by atoms with Crippen LogP contribution in [0.1, 0.15) is 51.2 Å². The van der Waals surface area contributed by atoms with Gasteiger partial charge in [0.15, 0.2) is 0 Å². The van der Waals surface area contributed by atoms with E-state index in [1.807, 2.05) is 0 Å². The number of carbonyl (C=O) groups excluding carboxylic acids is 1. The lowest BCUT2D eigenvalue weighted by molar-refractivity contribution is -0.139. The molecule has 0 unspecified atom stereocenters. The van der Waals surface area contributed by atoms with Crippen molar-refractivity contribution < 1.29 is 19.0 Å². The van der Waals surface area contributed by atoms with Gasteiger partial charge in [0, 0.05) is 0 Å². The molecule has 0 fully saturated rings. The molecule has 0 bridgehead atoms. The minimum atomic E-state index is -1.09. The van der Waals surface area contributed by atoms with Crippen molar-refractivity contribution in [3.63, 3.8) is 0 Å². The Morgan fingerprint density at radius 3 is 2.52 bits per heavy atom. The van der Waals surface area contributed by atoms with Crippen LogP contribution in [0.25, 0.3) is 0 Å². The van der Waals surface area contributed by atoms with Crippen LogP contribution in [0.2, 0.25) is 0 Å². The highest BCUT2D eigenvalue weighted by molar-refractivity contribution is 5.89. The van der Waals surface area contributed by atoms with E-state index in [4.69, 9.17) is 4.74 Å². The summed E-state index contributed by atoms with van der Waals surface area (Å²) in [6.07, 6.45) is 4.45. The van der Waals surface area contributed by atoms with Gasteiger partial charge >= 0.3 is 5.97 Å². The number of esters is 1. The lowest BCUT2D eigenvalue weighted by Crippen LogP contribution is -2.15. The summed E-state index contributed by atoms with van der Waals surface area (Å²) in [4.78, 5) is 12.0. The van der Waals surface area contributed by atoms with Gasteiger partial charge in [0.25, 0.3) is 0 Å². The molecule has 0 heterocycles. The lowest BCUT2D eigenvalue weighted by atomic mass is 10.00. The monoisotopic (exact) mass is 294 g/mol. The Balaban J connectivity index is 2.88. The third-order valence-electron chi connectivity index (χ3n) is 3.16. The summed E-state index contributed by atoms with van der Waals surface area (Å²) in [5.41, 5.74) is 0.700. The van der Waals surface area contributed by atoms with E-state index in [1.54, 1.807) is 13.0 Å². The Morgan fingerprint density at radius 1 is 1.29 bits per heavy atom. The van der Waals surface area contributed by atoms with E-state index in [2.05, 4.69) is 6.92 Å². The van der Waals surface area contributed by atoms with Crippen LogP contribution >= 0.6 is 0 Å². The van der Waals surface area contributed by atoms with Crippen LogP contribution in [0.15, 0.2) is 35.9 Å². The van der Waals surface area contributed by atoms with E-state index >= 15 is 0 Å². The van der Waals surface area contributed by atoms with Crippen molar-refractivity contribution in [3.05, 3.63) is 47.3 Å². The standard InChI is InChI=1S/C17H23FO3/c1-3-5-6-7-8-15(17(20)21-4-2)16(19)13-9-11-14(18)12-10-13/h8-12,16,19H,3-7H2,1-2H3/b15-8-/t16-/m0/s1.